The molecule has 0 saturated heterocycles. The van der Waals surface area contributed by atoms with E-state index in [9.17, 15) is 4.79 Å². The van der Waals surface area contributed by atoms with Crippen LogP contribution >= 0.6 is 0 Å². The Labute approximate surface area is 156 Å². The minimum atomic E-state index is -0.575. The van der Waals surface area contributed by atoms with Crippen molar-refractivity contribution < 1.29 is 14.3 Å². The zero-order valence-electron chi connectivity index (χ0n) is 16.3. The second-order valence-electron chi connectivity index (χ2n) is 6.99. The third-order valence-electron chi connectivity index (χ3n) is 4.10. The molecule has 0 aromatic heterocycles. The Morgan fingerprint density at radius 2 is 1.73 bits per heavy atom. The molecule has 2 atom stereocenters. The van der Waals surface area contributed by atoms with Crippen molar-refractivity contribution in [2.24, 2.45) is 0 Å². The SMILES string of the molecule is Cc1ccc(C(C)C)c(O[C@H](C)C(=O)N[C@H](C)COc2ccccc2)c1. The topological polar surface area (TPSA) is 47.6 Å². The van der Waals surface area contributed by atoms with Crippen molar-refractivity contribution in [3.63, 3.8) is 0 Å². The molecule has 0 unspecified atom stereocenters. The first-order chi connectivity index (χ1) is 12.4. The Hall–Kier alpha value is -2.49. The fourth-order valence-corrected chi connectivity index (χ4v) is 2.60. The number of amides is 1. The maximum Gasteiger partial charge on any atom is 0.261 e. The lowest BCUT2D eigenvalue weighted by atomic mass is 10.0. The van der Waals surface area contributed by atoms with Crippen molar-refractivity contribution in [2.75, 3.05) is 6.61 Å². The number of para-hydroxylation sites is 1. The molecule has 0 aliphatic rings. The monoisotopic (exact) mass is 355 g/mol. The number of ether oxygens (including phenoxy) is 2. The summed E-state index contributed by atoms with van der Waals surface area (Å²) in [6.07, 6.45) is -0.575. The minimum absolute atomic E-state index is 0.115. The van der Waals surface area contributed by atoms with Crippen LogP contribution in [0.3, 0.4) is 0 Å². The van der Waals surface area contributed by atoms with Gasteiger partial charge >= 0.3 is 0 Å². The molecule has 0 radical (unpaired) electrons. The van der Waals surface area contributed by atoms with Crippen LogP contribution in [-0.4, -0.2) is 24.7 Å². The molecule has 4 nitrogen and oxygen atoms in total. The molecule has 0 saturated carbocycles. The summed E-state index contributed by atoms with van der Waals surface area (Å²) in [5, 5.41) is 2.94. The normalized spacial score (nSPS) is 13.2. The second-order valence-corrected chi connectivity index (χ2v) is 6.99. The summed E-state index contributed by atoms with van der Waals surface area (Å²) in [4.78, 5) is 12.4. The maximum atomic E-state index is 12.4. The Balaban J connectivity index is 1.90. The molecule has 2 aromatic carbocycles. The zero-order valence-corrected chi connectivity index (χ0v) is 16.3. The predicted molar refractivity (Wildman–Crippen MR) is 105 cm³/mol. The molecule has 0 spiro atoms. The van der Waals surface area contributed by atoms with E-state index in [0.29, 0.717) is 12.5 Å². The van der Waals surface area contributed by atoms with Crippen LogP contribution in [-0.2, 0) is 4.79 Å². The molecular formula is C22H29NO3. The highest BCUT2D eigenvalue weighted by atomic mass is 16.5. The lowest BCUT2D eigenvalue weighted by Crippen LogP contribution is -2.43. The molecule has 2 aromatic rings. The summed E-state index contributed by atoms with van der Waals surface area (Å²) in [7, 11) is 0. The predicted octanol–water partition coefficient (Wildman–Crippen LogP) is 4.47. The van der Waals surface area contributed by atoms with Crippen LogP contribution in [0.4, 0.5) is 0 Å². The first kappa shape index (κ1) is 19.8. The van der Waals surface area contributed by atoms with Crippen LogP contribution in [0.5, 0.6) is 11.5 Å². The van der Waals surface area contributed by atoms with E-state index in [-0.39, 0.29) is 11.9 Å². The summed E-state index contributed by atoms with van der Waals surface area (Å²) in [6, 6.07) is 15.6. The Morgan fingerprint density at radius 1 is 1.04 bits per heavy atom. The number of carbonyl (C=O) groups is 1. The third kappa shape index (κ3) is 5.80. The largest absolute Gasteiger partial charge is 0.491 e. The van der Waals surface area contributed by atoms with Crippen LogP contribution < -0.4 is 14.8 Å². The van der Waals surface area contributed by atoms with E-state index in [0.717, 1.165) is 22.6 Å². The van der Waals surface area contributed by atoms with E-state index in [2.05, 4.69) is 31.3 Å². The number of carbonyl (C=O) groups excluding carboxylic acids is 1. The molecule has 0 fully saturated rings. The second kappa shape index (κ2) is 9.27. The molecule has 4 heteroatoms. The van der Waals surface area contributed by atoms with Gasteiger partial charge in [-0.2, -0.15) is 0 Å². The highest BCUT2D eigenvalue weighted by Crippen LogP contribution is 2.28. The number of hydrogen-bond donors (Lipinski definition) is 1. The lowest BCUT2D eigenvalue weighted by Gasteiger charge is -2.21. The summed E-state index contributed by atoms with van der Waals surface area (Å²) in [6.45, 7) is 10.3. The summed E-state index contributed by atoms with van der Waals surface area (Å²) >= 11 is 0. The molecule has 1 amide bonds. The van der Waals surface area contributed by atoms with E-state index < -0.39 is 6.10 Å². The minimum Gasteiger partial charge on any atom is -0.491 e. The van der Waals surface area contributed by atoms with Gasteiger partial charge in [0.25, 0.3) is 5.91 Å². The number of rotatable bonds is 8. The van der Waals surface area contributed by atoms with Crippen LogP contribution in [0.25, 0.3) is 0 Å². The molecule has 1 N–H and O–H groups in total. The van der Waals surface area contributed by atoms with Crippen molar-refractivity contribution in [1.82, 2.24) is 5.32 Å². The average molecular weight is 355 g/mol. The molecule has 140 valence electrons. The van der Waals surface area contributed by atoms with Crippen LogP contribution in [0.2, 0.25) is 0 Å². The number of nitrogens with one attached hydrogen (secondary N) is 1. The third-order valence-corrected chi connectivity index (χ3v) is 4.10. The Kier molecular flexibility index (Phi) is 7.07. The van der Waals surface area contributed by atoms with Crippen molar-refractivity contribution >= 4 is 5.91 Å². The quantitative estimate of drug-likeness (QED) is 0.760. The van der Waals surface area contributed by atoms with Gasteiger partial charge in [-0.1, -0.05) is 44.2 Å². The van der Waals surface area contributed by atoms with E-state index in [1.54, 1.807) is 6.92 Å². The maximum absolute atomic E-state index is 12.4. The van der Waals surface area contributed by atoms with E-state index in [1.807, 2.05) is 50.2 Å². The van der Waals surface area contributed by atoms with Gasteiger partial charge in [0.1, 0.15) is 18.1 Å². The standard InChI is InChI=1S/C22H29NO3/c1-15(2)20-12-11-16(3)13-21(20)26-18(5)22(24)23-17(4)14-25-19-9-7-6-8-10-19/h6-13,15,17-18H,14H2,1-5H3,(H,23,24)/t17-,18-/m1/s1. The first-order valence-electron chi connectivity index (χ1n) is 9.12. The van der Waals surface area contributed by atoms with E-state index in [1.165, 1.54) is 0 Å². The van der Waals surface area contributed by atoms with Crippen LogP contribution in [0.1, 0.15) is 44.7 Å². The molecular weight excluding hydrogens is 326 g/mol. The molecule has 0 bridgehead atoms. The van der Waals surface area contributed by atoms with Gasteiger partial charge in [-0.15, -0.1) is 0 Å². The lowest BCUT2D eigenvalue weighted by molar-refractivity contribution is -0.128. The zero-order chi connectivity index (χ0) is 19.1. The van der Waals surface area contributed by atoms with Gasteiger partial charge in [0, 0.05) is 0 Å². The van der Waals surface area contributed by atoms with Gasteiger partial charge in [-0.05, 0) is 56.0 Å². The fourth-order valence-electron chi connectivity index (χ4n) is 2.60. The van der Waals surface area contributed by atoms with Gasteiger partial charge in [0.15, 0.2) is 6.10 Å². The summed E-state index contributed by atoms with van der Waals surface area (Å²) < 4.78 is 11.6. The molecule has 0 heterocycles. The van der Waals surface area contributed by atoms with Gasteiger partial charge in [-0.3, -0.25) is 4.79 Å². The number of aryl methyl sites for hydroxylation is 1. The molecule has 0 aliphatic carbocycles. The van der Waals surface area contributed by atoms with Gasteiger partial charge in [0.05, 0.1) is 6.04 Å². The summed E-state index contributed by atoms with van der Waals surface area (Å²) in [5.74, 6) is 1.75. The van der Waals surface area contributed by atoms with Gasteiger partial charge < -0.3 is 14.8 Å². The van der Waals surface area contributed by atoms with Gasteiger partial charge in [-0.25, -0.2) is 0 Å². The van der Waals surface area contributed by atoms with Crippen LogP contribution in [0.15, 0.2) is 48.5 Å². The van der Waals surface area contributed by atoms with E-state index >= 15 is 0 Å². The van der Waals surface area contributed by atoms with Crippen molar-refractivity contribution in [2.45, 2.75) is 52.7 Å². The van der Waals surface area contributed by atoms with E-state index in [4.69, 9.17) is 9.47 Å². The molecule has 0 aliphatic heterocycles. The highest BCUT2D eigenvalue weighted by Gasteiger charge is 2.19. The fraction of sp³-hybridized carbons (Fsp3) is 0.409. The van der Waals surface area contributed by atoms with Crippen molar-refractivity contribution in [1.29, 1.82) is 0 Å². The summed E-state index contributed by atoms with van der Waals surface area (Å²) in [5.41, 5.74) is 2.22. The number of benzene rings is 2. The highest BCUT2D eigenvalue weighted by molar-refractivity contribution is 5.81. The first-order valence-corrected chi connectivity index (χ1v) is 9.12. The van der Waals surface area contributed by atoms with Crippen molar-refractivity contribution in [3.05, 3.63) is 59.7 Å². The Morgan fingerprint density at radius 3 is 2.38 bits per heavy atom. The smallest absolute Gasteiger partial charge is 0.261 e. The van der Waals surface area contributed by atoms with Crippen LogP contribution in [0, 0.1) is 6.92 Å². The molecule has 26 heavy (non-hydrogen) atoms. The van der Waals surface area contributed by atoms with Gasteiger partial charge in [0.2, 0.25) is 0 Å². The Bertz CT molecular complexity index is 713. The average Bonchev–Trinajstić information content (AvgIpc) is 2.60. The molecule has 2 rings (SSSR count). The van der Waals surface area contributed by atoms with Crippen molar-refractivity contribution in [3.8, 4) is 11.5 Å². The number of hydrogen-bond acceptors (Lipinski definition) is 3.